The van der Waals surface area contributed by atoms with E-state index >= 15 is 0 Å². The molecule has 0 atom stereocenters. The lowest BCUT2D eigenvalue weighted by atomic mass is 10.0. The minimum absolute atomic E-state index is 0.602. The Bertz CT molecular complexity index is 3800. The van der Waals surface area contributed by atoms with E-state index in [2.05, 4.69) is 168 Å². The molecule has 0 aliphatic carbocycles. The number of rotatable bonds is 4. The second-order valence-corrected chi connectivity index (χ2v) is 15.6. The third-order valence-electron chi connectivity index (χ3n) is 12.2. The Hall–Kier alpha value is -8.15. The number of nitrogens with zero attached hydrogens (tertiary/aromatic N) is 4. The molecule has 13 aromatic rings. The van der Waals surface area contributed by atoms with Crippen molar-refractivity contribution in [2.24, 2.45) is 0 Å². The van der Waals surface area contributed by atoms with Gasteiger partial charge in [-0.1, -0.05) is 146 Å². The van der Waals surface area contributed by atoms with Gasteiger partial charge < -0.3 is 8.98 Å². The molecule has 278 valence electrons. The van der Waals surface area contributed by atoms with E-state index in [1.807, 2.05) is 30.3 Å². The maximum absolute atomic E-state index is 6.79. The quantitative estimate of drug-likeness (QED) is 0.179. The number of hydrogen-bond donors (Lipinski definition) is 0. The van der Waals surface area contributed by atoms with Gasteiger partial charge in [-0.05, 0) is 80.8 Å². The van der Waals surface area contributed by atoms with Gasteiger partial charge in [-0.2, -0.15) is 0 Å². The summed E-state index contributed by atoms with van der Waals surface area (Å²) in [6.07, 6.45) is 0. The van der Waals surface area contributed by atoms with E-state index in [0.717, 1.165) is 76.9 Å². The van der Waals surface area contributed by atoms with E-state index < -0.39 is 0 Å². The highest BCUT2D eigenvalue weighted by Gasteiger charge is 2.21. The number of benzene rings is 10. The molecule has 0 amide bonds. The summed E-state index contributed by atoms with van der Waals surface area (Å²) in [5.41, 5.74) is 7.87. The third-order valence-corrected chi connectivity index (χ3v) is 12.2. The van der Waals surface area contributed by atoms with E-state index in [1.54, 1.807) is 0 Å². The Morgan fingerprint density at radius 2 is 0.883 bits per heavy atom. The Labute approximate surface area is 343 Å². The fraction of sp³-hybridized carbons (Fsp3) is 0. The maximum Gasteiger partial charge on any atom is 0.164 e. The molecular formula is C55H32N4O. The molecule has 3 heterocycles. The fourth-order valence-corrected chi connectivity index (χ4v) is 9.31. The van der Waals surface area contributed by atoms with Gasteiger partial charge in [-0.3, -0.25) is 0 Å². The van der Waals surface area contributed by atoms with Crippen LogP contribution in [0.4, 0.5) is 0 Å². The van der Waals surface area contributed by atoms with Gasteiger partial charge in [-0.25, -0.2) is 15.0 Å². The van der Waals surface area contributed by atoms with Crippen molar-refractivity contribution in [2.75, 3.05) is 0 Å². The number of furan rings is 1. The second kappa shape index (κ2) is 12.7. The summed E-state index contributed by atoms with van der Waals surface area (Å²) in [6, 6.07) is 68.7. The zero-order valence-corrected chi connectivity index (χ0v) is 32.2. The maximum atomic E-state index is 6.79. The van der Waals surface area contributed by atoms with Crippen molar-refractivity contribution in [1.82, 2.24) is 19.5 Å². The predicted octanol–water partition coefficient (Wildman–Crippen LogP) is 14.5. The summed E-state index contributed by atoms with van der Waals surface area (Å²) >= 11 is 0. The van der Waals surface area contributed by atoms with Crippen LogP contribution in [0.15, 0.2) is 199 Å². The summed E-state index contributed by atoms with van der Waals surface area (Å²) < 4.78 is 9.25. The van der Waals surface area contributed by atoms with Gasteiger partial charge in [0.25, 0.3) is 0 Å². The molecule has 3 aromatic heterocycles. The van der Waals surface area contributed by atoms with Gasteiger partial charge in [0, 0.05) is 49.0 Å². The summed E-state index contributed by atoms with van der Waals surface area (Å²) in [5.74, 6) is 1.86. The van der Waals surface area contributed by atoms with Crippen LogP contribution in [0.3, 0.4) is 0 Å². The first-order valence-corrected chi connectivity index (χ1v) is 20.3. The van der Waals surface area contributed by atoms with Gasteiger partial charge in [-0.15, -0.1) is 0 Å². The lowest BCUT2D eigenvalue weighted by Crippen LogP contribution is -2.00. The number of fused-ring (bicyclic) bond motifs is 11. The van der Waals surface area contributed by atoms with Crippen LogP contribution in [-0.4, -0.2) is 19.5 Å². The van der Waals surface area contributed by atoms with Crippen LogP contribution >= 0.6 is 0 Å². The Kier molecular flexibility index (Phi) is 6.95. The molecule has 0 aliphatic rings. The Morgan fingerprint density at radius 1 is 0.333 bits per heavy atom. The highest BCUT2D eigenvalue weighted by Crippen LogP contribution is 2.43. The Balaban J connectivity index is 1.08. The van der Waals surface area contributed by atoms with Crippen molar-refractivity contribution in [1.29, 1.82) is 0 Å². The number of aromatic nitrogens is 4. The molecule has 5 heteroatoms. The van der Waals surface area contributed by atoms with Gasteiger partial charge in [0.15, 0.2) is 17.5 Å². The molecule has 0 aliphatic heterocycles. The standard InChI is InChI=1S/C55H32N4O/c1-2-14-34(15-3-1)53-56-54(58-55(57-53)43-24-12-20-33-13-8-9-21-40(33)43)39-25-26-51-46(29-39)47-32-50(41-22-10-11-23-42(41)52(47)60-51)59-48-30-37-18-6-4-16-35(37)27-44(48)45-28-36-17-5-7-19-38(36)31-49(45)59/h1-32H. The SMILES string of the molecule is c1ccc(-c2nc(-c3ccc4oc5c6ccccc6c(-n6c7cc8ccccc8cc7c7cc8ccccc8cc76)cc5c4c3)nc(-c3cccc4ccccc34)n2)cc1. The molecule has 0 fully saturated rings. The molecular weight excluding hydrogens is 733 g/mol. The zero-order valence-electron chi connectivity index (χ0n) is 32.2. The summed E-state index contributed by atoms with van der Waals surface area (Å²) in [5, 5.41) is 13.8. The van der Waals surface area contributed by atoms with Crippen LogP contribution in [0.2, 0.25) is 0 Å². The molecule has 0 saturated heterocycles. The average molecular weight is 765 g/mol. The van der Waals surface area contributed by atoms with Crippen LogP contribution in [0.5, 0.6) is 0 Å². The van der Waals surface area contributed by atoms with E-state index in [1.165, 1.54) is 32.3 Å². The molecule has 0 bridgehead atoms. The van der Waals surface area contributed by atoms with Crippen molar-refractivity contribution in [2.45, 2.75) is 0 Å². The molecule has 0 unspecified atom stereocenters. The lowest BCUT2D eigenvalue weighted by molar-refractivity contribution is 0.672. The topological polar surface area (TPSA) is 56.7 Å². The first kappa shape index (κ1) is 32.9. The van der Waals surface area contributed by atoms with E-state index in [4.69, 9.17) is 19.4 Å². The smallest absolute Gasteiger partial charge is 0.164 e. The monoisotopic (exact) mass is 764 g/mol. The number of hydrogen-bond acceptors (Lipinski definition) is 4. The average Bonchev–Trinajstić information content (AvgIpc) is 3.83. The van der Waals surface area contributed by atoms with Crippen molar-refractivity contribution < 1.29 is 4.42 Å². The fourth-order valence-electron chi connectivity index (χ4n) is 9.31. The summed E-state index contributed by atoms with van der Waals surface area (Å²) in [7, 11) is 0. The third kappa shape index (κ3) is 4.96. The van der Waals surface area contributed by atoms with Crippen molar-refractivity contribution in [3.8, 4) is 39.9 Å². The molecule has 5 nitrogen and oxygen atoms in total. The van der Waals surface area contributed by atoms with Crippen LogP contribution in [0.1, 0.15) is 0 Å². The molecule has 0 N–H and O–H groups in total. The van der Waals surface area contributed by atoms with Crippen LogP contribution in [0, 0.1) is 0 Å². The van der Waals surface area contributed by atoms with E-state index in [9.17, 15) is 0 Å². The van der Waals surface area contributed by atoms with Crippen molar-refractivity contribution >= 4 is 86.8 Å². The Morgan fingerprint density at radius 3 is 1.58 bits per heavy atom. The van der Waals surface area contributed by atoms with Gasteiger partial charge in [0.2, 0.25) is 0 Å². The zero-order chi connectivity index (χ0) is 39.3. The van der Waals surface area contributed by atoms with Crippen LogP contribution in [0.25, 0.3) is 127 Å². The highest BCUT2D eigenvalue weighted by atomic mass is 16.3. The van der Waals surface area contributed by atoms with Gasteiger partial charge >= 0.3 is 0 Å². The van der Waals surface area contributed by atoms with Crippen molar-refractivity contribution in [3.05, 3.63) is 194 Å². The first-order valence-electron chi connectivity index (χ1n) is 20.3. The second-order valence-electron chi connectivity index (χ2n) is 15.6. The van der Waals surface area contributed by atoms with E-state index in [0.29, 0.717) is 17.5 Å². The lowest BCUT2D eigenvalue weighted by Gasteiger charge is -2.13. The van der Waals surface area contributed by atoms with Crippen molar-refractivity contribution in [3.63, 3.8) is 0 Å². The predicted molar refractivity (Wildman–Crippen MR) is 248 cm³/mol. The first-order chi connectivity index (χ1) is 29.7. The van der Waals surface area contributed by atoms with Crippen LogP contribution in [-0.2, 0) is 0 Å². The highest BCUT2D eigenvalue weighted by molar-refractivity contribution is 6.21. The molecule has 60 heavy (non-hydrogen) atoms. The molecule has 0 spiro atoms. The summed E-state index contributed by atoms with van der Waals surface area (Å²) in [4.78, 5) is 15.4. The minimum atomic E-state index is 0.602. The largest absolute Gasteiger partial charge is 0.455 e. The molecule has 0 radical (unpaired) electrons. The molecule has 10 aromatic carbocycles. The van der Waals surface area contributed by atoms with Gasteiger partial charge in [0.05, 0.1) is 16.7 Å². The van der Waals surface area contributed by atoms with E-state index in [-0.39, 0.29) is 0 Å². The van der Waals surface area contributed by atoms with Crippen LogP contribution < -0.4 is 0 Å². The summed E-state index contributed by atoms with van der Waals surface area (Å²) in [6.45, 7) is 0. The molecule has 0 saturated carbocycles. The van der Waals surface area contributed by atoms with Gasteiger partial charge in [0.1, 0.15) is 11.2 Å². The minimum Gasteiger partial charge on any atom is -0.455 e. The molecule has 13 rings (SSSR count). The normalized spacial score (nSPS) is 12.0.